The van der Waals surface area contributed by atoms with Gasteiger partial charge in [-0.05, 0) is 49.8 Å². The summed E-state index contributed by atoms with van der Waals surface area (Å²) in [7, 11) is -4.81. The average molecular weight is 729 g/mol. The number of carboxylic acid groups (broad SMARTS) is 1. The van der Waals surface area contributed by atoms with Crippen LogP contribution in [0.4, 0.5) is 13.2 Å². The Morgan fingerprint density at radius 2 is 1.52 bits per heavy atom. The van der Waals surface area contributed by atoms with Crippen molar-refractivity contribution in [3.8, 4) is 0 Å². The van der Waals surface area contributed by atoms with E-state index in [1.807, 2.05) is 0 Å². The fourth-order valence-electron chi connectivity index (χ4n) is 4.03. The summed E-state index contributed by atoms with van der Waals surface area (Å²) in [5, 5.41) is 18.3. The Balaban J connectivity index is 2.85. The summed E-state index contributed by atoms with van der Waals surface area (Å²) in [6, 6.07) is -3.50. The van der Waals surface area contributed by atoms with E-state index in [2.05, 4.69) is 21.3 Å². The number of halogens is 4. The van der Waals surface area contributed by atoms with E-state index in [9.17, 15) is 55.5 Å². The number of hydrogen-bond donors (Lipinski definition) is 7. The third-order valence-corrected chi connectivity index (χ3v) is 8.45. The highest BCUT2D eigenvalue weighted by molar-refractivity contribution is 7.89. The number of carbonyl (C=O) groups is 6. The summed E-state index contributed by atoms with van der Waals surface area (Å²) in [4.78, 5) is 72.8. The van der Waals surface area contributed by atoms with Gasteiger partial charge in [0.25, 0.3) is 0 Å². The minimum Gasteiger partial charge on any atom is -0.480 e. The number of nitrogens with one attached hydrogen (secondary N) is 5. The van der Waals surface area contributed by atoms with Gasteiger partial charge in [-0.2, -0.15) is 17.9 Å². The van der Waals surface area contributed by atoms with E-state index in [-0.39, 0.29) is 18.4 Å². The fraction of sp³-hybridized carbons (Fsp3) is 0.571. The molecule has 1 rings (SSSR count). The Morgan fingerprint density at radius 3 is 2.02 bits per heavy atom. The molecule has 0 saturated carbocycles. The molecule has 0 aliphatic heterocycles. The lowest BCUT2D eigenvalue weighted by Crippen LogP contribution is -2.58. The zero-order valence-electron chi connectivity index (χ0n) is 26.7. The third-order valence-electron chi connectivity index (χ3n) is 6.65. The number of carbonyl (C=O) groups excluding carboxylic acids is 5. The number of primary amides is 1. The van der Waals surface area contributed by atoms with Crippen LogP contribution >= 0.6 is 11.6 Å². The fourth-order valence-corrected chi connectivity index (χ4v) is 5.51. The van der Waals surface area contributed by atoms with Crippen molar-refractivity contribution in [1.29, 1.82) is 0 Å². The van der Waals surface area contributed by atoms with Crippen LogP contribution in [0.2, 0.25) is 5.02 Å². The first kappa shape index (κ1) is 42.1. The van der Waals surface area contributed by atoms with Gasteiger partial charge in [-0.3, -0.25) is 28.8 Å². The van der Waals surface area contributed by atoms with Gasteiger partial charge in [0, 0.05) is 6.42 Å². The van der Waals surface area contributed by atoms with Crippen LogP contribution in [0.3, 0.4) is 0 Å². The first-order valence-corrected chi connectivity index (χ1v) is 16.4. The normalized spacial score (nSPS) is 14.4. The highest BCUT2D eigenvalue weighted by Crippen LogP contribution is 2.36. The second kappa shape index (κ2) is 18.0. The van der Waals surface area contributed by atoms with E-state index in [1.165, 1.54) is 6.92 Å². The lowest BCUT2D eigenvalue weighted by atomic mass is 9.99. The van der Waals surface area contributed by atoms with Gasteiger partial charge in [0.1, 0.15) is 24.2 Å². The number of nitrogens with two attached hydrogens (primary N) is 1. The minimum absolute atomic E-state index is 0.110. The molecule has 0 saturated heterocycles. The molecule has 1 aromatic rings. The van der Waals surface area contributed by atoms with E-state index >= 15 is 0 Å². The van der Waals surface area contributed by atoms with Crippen molar-refractivity contribution in [1.82, 2.24) is 26.0 Å². The Morgan fingerprint density at radius 1 is 0.917 bits per heavy atom. The molecule has 0 unspecified atom stereocenters. The first-order valence-electron chi connectivity index (χ1n) is 14.5. The van der Waals surface area contributed by atoms with Crippen LogP contribution in [0.5, 0.6) is 0 Å². The van der Waals surface area contributed by atoms with Gasteiger partial charge in [0.15, 0.2) is 0 Å². The quantitative estimate of drug-likeness (QED) is 0.112. The number of benzene rings is 1. The molecular formula is C28H40ClF3N6O9S. The van der Waals surface area contributed by atoms with Gasteiger partial charge in [0.05, 0.1) is 22.0 Å². The van der Waals surface area contributed by atoms with Crippen molar-refractivity contribution in [2.24, 2.45) is 17.6 Å². The predicted molar refractivity (Wildman–Crippen MR) is 165 cm³/mol. The van der Waals surface area contributed by atoms with Crippen LogP contribution in [0, 0.1) is 11.8 Å². The summed E-state index contributed by atoms with van der Waals surface area (Å²) < 4.78 is 66.5. The predicted octanol–water partition coefficient (Wildman–Crippen LogP) is 0.648. The van der Waals surface area contributed by atoms with Crippen molar-refractivity contribution >= 4 is 57.1 Å². The molecule has 0 aromatic heterocycles. The maximum atomic E-state index is 13.2. The van der Waals surface area contributed by atoms with Crippen LogP contribution in [-0.2, 0) is 45.0 Å². The van der Waals surface area contributed by atoms with Gasteiger partial charge < -0.3 is 32.1 Å². The van der Waals surface area contributed by atoms with Gasteiger partial charge in [0.2, 0.25) is 39.6 Å². The Hall–Kier alpha value is -3.97. The van der Waals surface area contributed by atoms with E-state index in [0.29, 0.717) is 6.07 Å². The minimum atomic E-state index is -4.99. The van der Waals surface area contributed by atoms with E-state index in [0.717, 1.165) is 6.07 Å². The van der Waals surface area contributed by atoms with Gasteiger partial charge in [-0.1, -0.05) is 39.3 Å². The topological polar surface area (TPSA) is 243 Å². The lowest BCUT2D eigenvalue weighted by Gasteiger charge is -2.27. The maximum Gasteiger partial charge on any atom is 0.417 e. The summed E-state index contributed by atoms with van der Waals surface area (Å²) in [5.74, 6) is -6.15. The molecule has 0 fully saturated rings. The summed E-state index contributed by atoms with van der Waals surface area (Å²) in [6.07, 6.45) is -6.12. The summed E-state index contributed by atoms with van der Waals surface area (Å²) >= 11 is 5.51. The molecule has 0 radical (unpaired) electrons. The SMILES string of the molecule is CC(C)C[C@H](NC(=O)CNC(=O)CC[C@H](NS(=O)(=O)c1ccc(Cl)c(C(F)(F)F)c1)C(=O)O)C(=O)N[C@H](C(=O)N[C@@H](C)C(N)=O)C(C)C. The molecule has 0 bridgehead atoms. The smallest absolute Gasteiger partial charge is 0.417 e. The van der Waals surface area contributed by atoms with Gasteiger partial charge in [-0.15, -0.1) is 0 Å². The average Bonchev–Trinajstić information content (AvgIpc) is 2.95. The second-order valence-corrected chi connectivity index (χ2v) is 13.7. The molecule has 15 nitrogen and oxygen atoms in total. The summed E-state index contributed by atoms with van der Waals surface area (Å²) in [5.41, 5.74) is 3.72. The molecule has 5 amide bonds. The summed E-state index contributed by atoms with van der Waals surface area (Å²) in [6.45, 7) is 7.53. The molecule has 48 heavy (non-hydrogen) atoms. The number of amides is 5. The van der Waals surface area contributed by atoms with E-state index in [1.54, 1.807) is 32.4 Å². The maximum absolute atomic E-state index is 13.2. The Bertz CT molecular complexity index is 1470. The molecule has 1 aromatic carbocycles. The highest BCUT2D eigenvalue weighted by Gasteiger charge is 2.35. The van der Waals surface area contributed by atoms with Crippen LogP contribution in [-0.4, -0.2) is 79.7 Å². The molecular weight excluding hydrogens is 689 g/mol. The number of aliphatic carboxylic acids is 1. The van der Waals surface area contributed by atoms with Crippen molar-refractivity contribution in [3.63, 3.8) is 0 Å². The van der Waals surface area contributed by atoms with E-state index < -0.39 is 117 Å². The number of rotatable bonds is 18. The Labute approximate surface area is 280 Å². The van der Waals surface area contributed by atoms with Crippen molar-refractivity contribution in [2.75, 3.05) is 6.54 Å². The molecule has 0 aliphatic rings. The second-order valence-electron chi connectivity index (χ2n) is 11.6. The van der Waals surface area contributed by atoms with Crippen LogP contribution in [0.25, 0.3) is 0 Å². The highest BCUT2D eigenvalue weighted by atomic mass is 35.5. The monoisotopic (exact) mass is 728 g/mol. The zero-order valence-corrected chi connectivity index (χ0v) is 28.3. The van der Waals surface area contributed by atoms with Crippen LogP contribution in [0.1, 0.15) is 59.4 Å². The van der Waals surface area contributed by atoms with Crippen LogP contribution < -0.4 is 31.7 Å². The van der Waals surface area contributed by atoms with Crippen LogP contribution in [0.15, 0.2) is 23.1 Å². The van der Waals surface area contributed by atoms with Crippen molar-refractivity contribution in [3.05, 3.63) is 28.8 Å². The molecule has 8 N–H and O–H groups in total. The lowest BCUT2D eigenvalue weighted by molar-refractivity contribution is -0.139. The first-order chi connectivity index (χ1) is 22.0. The number of carboxylic acids is 1. The van der Waals surface area contributed by atoms with Gasteiger partial charge in [-0.25, -0.2) is 8.42 Å². The number of sulfonamides is 1. The molecule has 4 atom stereocenters. The van der Waals surface area contributed by atoms with Gasteiger partial charge >= 0.3 is 12.1 Å². The van der Waals surface area contributed by atoms with Crippen molar-refractivity contribution in [2.45, 2.75) is 89.1 Å². The van der Waals surface area contributed by atoms with Crippen molar-refractivity contribution < 1.29 is 55.5 Å². The van der Waals surface area contributed by atoms with E-state index in [4.69, 9.17) is 17.3 Å². The third kappa shape index (κ3) is 13.6. The molecule has 20 heteroatoms. The largest absolute Gasteiger partial charge is 0.480 e. The molecule has 0 heterocycles. The standard InChI is InChI=1S/C28H40ClF3N6O9S/c1-13(2)10-20(25(42)37-23(14(3)4)26(43)35-15(5)24(33)41)36-22(40)12-34-21(39)9-8-19(27(44)45)38-48(46,47)16-6-7-18(29)17(11-16)28(30,31)32/h6-7,11,13-15,19-20,23,38H,8-10,12H2,1-5H3,(H2,33,41)(H,34,39)(H,35,43)(H,36,40)(H,37,42)(H,44,45)/t15-,19-,20-,23-/m0/s1. The number of alkyl halides is 3. The number of hydrogen-bond acceptors (Lipinski definition) is 8. The Kier molecular flexibility index (Phi) is 15.7. The molecule has 0 spiro atoms. The zero-order chi connectivity index (χ0) is 37.1. The molecule has 270 valence electrons. The molecule has 0 aliphatic carbocycles.